The molecule has 0 bridgehead atoms. The molecule has 0 spiro atoms. The van der Waals surface area contributed by atoms with Crippen molar-refractivity contribution in [2.45, 2.75) is 26.2 Å². The van der Waals surface area contributed by atoms with E-state index in [-0.39, 0.29) is 0 Å². The molecule has 0 saturated carbocycles. The zero-order valence-corrected chi connectivity index (χ0v) is 11.1. The summed E-state index contributed by atoms with van der Waals surface area (Å²) in [7, 11) is 0. The monoisotopic (exact) mass is 246 g/mol. The number of aryl methyl sites for hydroxylation is 1. The lowest BCUT2D eigenvalue weighted by atomic mass is 9.91. The minimum Gasteiger partial charge on any atom is -0.493 e. The number of fused-ring (bicyclic) bond motifs is 1. The van der Waals surface area contributed by atoms with Gasteiger partial charge < -0.3 is 15.4 Å². The molecular formula is C15H22N2O. The van der Waals surface area contributed by atoms with Crippen molar-refractivity contribution < 1.29 is 4.74 Å². The maximum atomic E-state index is 5.98. The summed E-state index contributed by atoms with van der Waals surface area (Å²) in [5, 5.41) is 6.85. The molecule has 1 unspecified atom stereocenters. The summed E-state index contributed by atoms with van der Waals surface area (Å²) in [6, 6.07) is 6.46. The van der Waals surface area contributed by atoms with E-state index in [0.29, 0.717) is 5.41 Å². The van der Waals surface area contributed by atoms with Crippen LogP contribution in [0.15, 0.2) is 18.2 Å². The highest BCUT2D eigenvalue weighted by Gasteiger charge is 2.29. The summed E-state index contributed by atoms with van der Waals surface area (Å²) in [5.41, 5.74) is 2.97. The lowest BCUT2D eigenvalue weighted by Gasteiger charge is -2.24. The lowest BCUT2D eigenvalue weighted by molar-refractivity contribution is 0.180. The number of nitrogens with one attached hydrogen (secondary N) is 2. The van der Waals surface area contributed by atoms with E-state index in [9.17, 15) is 0 Å². The van der Waals surface area contributed by atoms with E-state index >= 15 is 0 Å². The molecular weight excluding hydrogens is 224 g/mol. The third-order valence-electron chi connectivity index (χ3n) is 4.06. The van der Waals surface area contributed by atoms with Gasteiger partial charge in [-0.3, -0.25) is 0 Å². The maximum Gasteiger partial charge on any atom is 0.121 e. The summed E-state index contributed by atoms with van der Waals surface area (Å²) >= 11 is 0. The predicted octanol–water partition coefficient (Wildman–Crippen LogP) is 2.42. The Bertz CT molecular complexity index is 425. The normalized spacial score (nSPS) is 26.5. The number of benzene rings is 1. The third kappa shape index (κ3) is 2.46. The topological polar surface area (TPSA) is 33.3 Å². The van der Waals surface area contributed by atoms with E-state index in [0.717, 1.165) is 32.0 Å². The van der Waals surface area contributed by atoms with Crippen molar-refractivity contribution in [3.63, 3.8) is 0 Å². The van der Waals surface area contributed by atoms with Crippen molar-refractivity contribution in [1.82, 2.24) is 5.32 Å². The van der Waals surface area contributed by atoms with Crippen molar-refractivity contribution in [3.8, 4) is 5.75 Å². The summed E-state index contributed by atoms with van der Waals surface area (Å²) in [6.07, 6.45) is 3.62. The average molecular weight is 246 g/mol. The second-order valence-corrected chi connectivity index (χ2v) is 5.88. The minimum atomic E-state index is 0.295. The molecule has 2 heterocycles. The van der Waals surface area contributed by atoms with Gasteiger partial charge in [0.15, 0.2) is 0 Å². The van der Waals surface area contributed by atoms with Crippen molar-refractivity contribution >= 4 is 5.69 Å². The Labute approximate surface area is 109 Å². The summed E-state index contributed by atoms with van der Waals surface area (Å²) in [4.78, 5) is 0. The van der Waals surface area contributed by atoms with Gasteiger partial charge in [0, 0.05) is 30.3 Å². The Kier molecular flexibility index (Phi) is 3.16. The Morgan fingerprint density at radius 1 is 1.33 bits per heavy atom. The molecule has 0 amide bonds. The Balaban J connectivity index is 1.66. The molecule has 1 saturated heterocycles. The quantitative estimate of drug-likeness (QED) is 0.859. The smallest absolute Gasteiger partial charge is 0.121 e. The largest absolute Gasteiger partial charge is 0.493 e. The van der Waals surface area contributed by atoms with Crippen LogP contribution in [0.3, 0.4) is 0 Å². The van der Waals surface area contributed by atoms with E-state index < -0.39 is 0 Å². The lowest BCUT2D eigenvalue weighted by Crippen LogP contribution is -2.27. The molecule has 2 aliphatic heterocycles. The fourth-order valence-electron chi connectivity index (χ4n) is 2.78. The van der Waals surface area contributed by atoms with Crippen LogP contribution in [-0.2, 0) is 6.42 Å². The first-order valence-electron chi connectivity index (χ1n) is 6.96. The molecule has 0 aromatic heterocycles. The number of ether oxygens (including phenoxy) is 1. The zero-order valence-electron chi connectivity index (χ0n) is 11.1. The summed E-state index contributed by atoms with van der Waals surface area (Å²) in [5.74, 6) is 0.997. The molecule has 3 nitrogen and oxygen atoms in total. The van der Waals surface area contributed by atoms with E-state index in [1.807, 2.05) is 0 Å². The summed E-state index contributed by atoms with van der Waals surface area (Å²) in [6.45, 7) is 6.36. The molecule has 0 aliphatic carbocycles. The highest BCUT2D eigenvalue weighted by molar-refractivity contribution is 5.56. The van der Waals surface area contributed by atoms with Crippen LogP contribution in [0.4, 0.5) is 5.69 Å². The molecule has 1 aromatic rings. The number of rotatable bonds is 3. The first kappa shape index (κ1) is 11.8. The second kappa shape index (κ2) is 4.81. The van der Waals surface area contributed by atoms with Crippen LogP contribution in [0.2, 0.25) is 0 Å². The van der Waals surface area contributed by atoms with Crippen LogP contribution < -0.4 is 15.4 Å². The highest BCUT2D eigenvalue weighted by atomic mass is 16.5. The summed E-state index contributed by atoms with van der Waals surface area (Å²) < 4.78 is 5.98. The van der Waals surface area contributed by atoms with Crippen LogP contribution in [0.25, 0.3) is 0 Å². The fraction of sp³-hybridized carbons (Fsp3) is 0.600. The molecule has 1 aromatic carbocycles. The van der Waals surface area contributed by atoms with Gasteiger partial charge >= 0.3 is 0 Å². The van der Waals surface area contributed by atoms with Gasteiger partial charge in [-0.25, -0.2) is 0 Å². The van der Waals surface area contributed by atoms with Gasteiger partial charge in [0.05, 0.1) is 6.61 Å². The van der Waals surface area contributed by atoms with Gasteiger partial charge in [0.2, 0.25) is 0 Å². The Hall–Kier alpha value is -1.22. The van der Waals surface area contributed by atoms with Gasteiger partial charge in [-0.15, -0.1) is 0 Å². The van der Waals surface area contributed by atoms with Crippen LogP contribution in [0.5, 0.6) is 5.75 Å². The van der Waals surface area contributed by atoms with Gasteiger partial charge in [-0.05, 0) is 37.4 Å². The third-order valence-corrected chi connectivity index (χ3v) is 4.06. The molecule has 1 atom stereocenters. The molecule has 2 aliphatic rings. The van der Waals surface area contributed by atoms with Crippen LogP contribution in [0.1, 0.15) is 25.3 Å². The Morgan fingerprint density at radius 3 is 3.11 bits per heavy atom. The predicted molar refractivity (Wildman–Crippen MR) is 74.3 cm³/mol. The molecule has 3 heteroatoms. The van der Waals surface area contributed by atoms with Gasteiger partial charge in [-0.1, -0.05) is 13.0 Å². The maximum absolute atomic E-state index is 5.98. The molecule has 3 rings (SSSR count). The first-order valence-corrected chi connectivity index (χ1v) is 6.96. The van der Waals surface area contributed by atoms with Gasteiger partial charge in [-0.2, -0.15) is 0 Å². The van der Waals surface area contributed by atoms with Crippen molar-refractivity contribution in [1.29, 1.82) is 0 Å². The van der Waals surface area contributed by atoms with E-state index in [1.54, 1.807) is 0 Å². The van der Waals surface area contributed by atoms with E-state index in [4.69, 9.17) is 4.74 Å². The van der Waals surface area contributed by atoms with Crippen molar-refractivity contribution in [2.24, 2.45) is 5.41 Å². The molecule has 2 N–H and O–H groups in total. The van der Waals surface area contributed by atoms with Crippen LogP contribution in [0, 0.1) is 5.41 Å². The number of anilines is 1. The van der Waals surface area contributed by atoms with Crippen molar-refractivity contribution in [2.75, 3.05) is 31.6 Å². The minimum absolute atomic E-state index is 0.295. The number of hydrogen-bond acceptors (Lipinski definition) is 3. The van der Waals surface area contributed by atoms with E-state index in [1.165, 1.54) is 30.5 Å². The van der Waals surface area contributed by atoms with Gasteiger partial charge in [0.25, 0.3) is 0 Å². The standard InChI is InChI=1S/C15H22N2O/c1-15(6-8-16-10-15)11-18-13-5-4-12-3-2-7-17-14(12)9-13/h4-5,9,16-17H,2-3,6-8,10-11H2,1H3. The second-order valence-electron chi connectivity index (χ2n) is 5.88. The SMILES string of the molecule is CC1(COc2ccc3c(c2)NCCC3)CCNC1. The fourth-order valence-corrected chi connectivity index (χ4v) is 2.78. The number of hydrogen-bond donors (Lipinski definition) is 2. The molecule has 0 radical (unpaired) electrons. The molecule has 18 heavy (non-hydrogen) atoms. The van der Waals surface area contributed by atoms with Crippen molar-refractivity contribution in [3.05, 3.63) is 23.8 Å². The first-order chi connectivity index (χ1) is 8.75. The Morgan fingerprint density at radius 2 is 2.28 bits per heavy atom. The molecule has 1 fully saturated rings. The van der Waals surface area contributed by atoms with E-state index in [2.05, 4.69) is 35.8 Å². The highest BCUT2D eigenvalue weighted by Crippen LogP contribution is 2.29. The average Bonchev–Trinajstić information content (AvgIpc) is 2.84. The molecule has 98 valence electrons. The van der Waals surface area contributed by atoms with Crippen LogP contribution >= 0.6 is 0 Å². The zero-order chi connectivity index (χ0) is 12.4. The van der Waals surface area contributed by atoms with Gasteiger partial charge in [0.1, 0.15) is 5.75 Å². The van der Waals surface area contributed by atoms with Crippen LogP contribution in [-0.4, -0.2) is 26.2 Å².